The Morgan fingerprint density at radius 1 is 1.09 bits per heavy atom. The molecule has 0 spiro atoms. The summed E-state index contributed by atoms with van der Waals surface area (Å²) in [4.78, 5) is 7.94. The zero-order chi connectivity index (χ0) is 23.0. The Kier molecular flexibility index (Phi) is 5.66. The van der Waals surface area contributed by atoms with Gasteiger partial charge in [-0.3, -0.25) is 9.88 Å². The Morgan fingerprint density at radius 2 is 1.97 bits per heavy atom. The molecule has 33 heavy (non-hydrogen) atoms. The Hall–Kier alpha value is -3.19. The first-order chi connectivity index (χ1) is 15.8. The third kappa shape index (κ3) is 4.93. The second-order valence-corrected chi connectivity index (χ2v) is 8.84. The van der Waals surface area contributed by atoms with Crippen molar-refractivity contribution >= 4 is 11.3 Å². The molecule has 1 aliphatic rings. The molecule has 0 unspecified atom stereocenters. The molecule has 8 nitrogen and oxygen atoms in total. The van der Waals surface area contributed by atoms with Crippen LogP contribution in [0.15, 0.2) is 41.1 Å². The van der Waals surface area contributed by atoms with Crippen LogP contribution < -0.4 is 0 Å². The average Bonchev–Trinajstić information content (AvgIpc) is 3.56. The fourth-order valence-electron chi connectivity index (χ4n) is 3.50. The fourth-order valence-corrected chi connectivity index (χ4v) is 4.50. The lowest BCUT2D eigenvalue weighted by Crippen LogP contribution is -2.24. The van der Waals surface area contributed by atoms with Gasteiger partial charge in [-0.15, -0.1) is 26.6 Å². The zero-order valence-corrected chi connectivity index (χ0v) is 17.9. The Morgan fingerprint density at radius 3 is 2.67 bits per heavy atom. The molecule has 0 atom stereocenters. The summed E-state index contributed by atoms with van der Waals surface area (Å²) < 4.78 is 58.5. The van der Waals surface area contributed by atoms with Crippen molar-refractivity contribution in [2.45, 2.75) is 31.9 Å². The minimum Gasteiger partial charge on any atom is -0.415 e. The fraction of sp³-hybridized carbons (Fsp3) is 0.350. The first kappa shape index (κ1) is 21.6. The van der Waals surface area contributed by atoms with Crippen LogP contribution in [0, 0.1) is 0 Å². The van der Waals surface area contributed by atoms with Gasteiger partial charge in [0.2, 0.25) is 5.89 Å². The summed E-state index contributed by atoms with van der Waals surface area (Å²) in [5.74, 6) is -3.37. The summed E-state index contributed by atoms with van der Waals surface area (Å²) in [5.41, 5.74) is 1.78. The van der Waals surface area contributed by atoms with E-state index in [1.54, 1.807) is 27.9 Å². The van der Waals surface area contributed by atoms with E-state index in [4.69, 9.17) is 4.42 Å². The average molecular weight is 479 g/mol. The van der Waals surface area contributed by atoms with Crippen molar-refractivity contribution in [1.82, 2.24) is 35.1 Å². The second kappa shape index (κ2) is 8.63. The summed E-state index contributed by atoms with van der Waals surface area (Å²) in [5, 5.41) is 15.2. The summed E-state index contributed by atoms with van der Waals surface area (Å²) in [6, 6.07) is 7.19. The quantitative estimate of drug-likeness (QED) is 0.366. The Balaban J connectivity index is 1.22. The first-order valence-electron chi connectivity index (χ1n) is 10.0. The SMILES string of the molecule is FC(F)c1nnc(-c2ccc(Cn3cc(-c4ccc(CN5CCC(F)(F)C5)s4)nn3)nc2)o1. The normalized spacial score (nSPS) is 16.2. The summed E-state index contributed by atoms with van der Waals surface area (Å²) in [6.45, 7) is 1.02. The highest BCUT2D eigenvalue weighted by atomic mass is 32.1. The predicted molar refractivity (Wildman–Crippen MR) is 110 cm³/mol. The molecule has 1 saturated heterocycles. The van der Waals surface area contributed by atoms with Crippen molar-refractivity contribution in [2.24, 2.45) is 0 Å². The highest BCUT2D eigenvalue weighted by molar-refractivity contribution is 7.15. The van der Waals surface area contributed by atoms with Crippen LogP contribution in [0.25, 0.3) is 22.0 Å². The van der Waals surface area contributed by atoms with Gasteiger partial charge < -0.3 is 4.42 Å². The molecule has 13 heteroatoms. The number of aromatic nitrogens is 6. The van der Waals surface area contributed by atoms with Crippen molar-refractivity contribution < 1.29 is 22.0 Å². The van der Waals surface area contributed by atoms with E-state index < -0.39 is 18.2 Å². The largest absolute Gasteiger partial charge is 0.415 e. The molecule has 1 fully saturated rings. The lowest BCUT2D eigenvalue weighted by Gasteiger charge is -2.13. The summed E-state index contributed by atoms with van der Waals surface area (Å²) in [7, 11) is 0. The molecular formula is C20H17F4N7OS. The molecule has 0 radical (unpaired) electrons. The van der Waals surface area contributed by atoms with Gasteiger partial charge in [0.25, 0.3) is 11.8 Å². The van der Waals surface area contributed by atoms with Crippen LogP contribution >= 0.6 is 11.3 Å². The van der Waals surface area contributed by atoms with Crippen LogP contribution in [0.4, 0.5) is 17.6 Å². The van der Waals surface area contributed by atoms with Crippen LogP contribution in [-0.2, 0) is 13.1 Å². The monoisotopic (exact) mass is 479 g/mol. The second-order valence-electron chi connectivity index (χ2n) is 7.67. The van der Waals surface area contributed by atoms with Crippen molar-refractivity contribution in [2.75, 3.05) is 13.1 Å². The lowest BCUT2D eigenvalue weighted by molar-refractivity contribution is 0.0116. The third-order valence-electron chi connectivity index (χ3n) is 5.10. The van der Waals surface area contributed by atoms with Gasteiger partial charge >= 0.3 is 6.43 Å². The van der Waals surface area contributed by atoms with Crippen molar-refractivity contribution in [1.29, 1.82) is 0 Å². The Bertz CT molecular complexity index is 1240. The summed E-state index contributed by atoms with van der Waals surface area (Å²) in [6.07, 6.45) is 0.315. The molecule has 0 bridgehead atoms. The number of rotatable bonds is 7. The third-order valence-corrected chi connectivity index (χ3v) is 6.20. The van der Waals surface area contributed by atoms with Gasteiger partial charge in [0.15, 0.2) is 0 Å². The molecule has 5 rings (SSSR count). The molecule has 172 valence electrons. The van der Waals surface area contributed by atoms with E-state index in [-0.39, 0.29) is 18.9 Å². The minimum absolute atomic E-state index is 0.0291. The maximum absolute atomic E-state index is 13.4. The highest BCUT2D eigenvalue weighted by Crippen LogP contribution is 2.31. The number of halogens is 4. The van der Waals surface area contributed by atoms with Gasteiger partial charge in [-0.05, 0) is 24.3 Å². The van der Waals surface area contributed by atoms with Crippen molar-refractivity contribution in [3.63, 3.8) is 0 Å². The van der Waals surface area contributed by atoms with Gasteiger partial charge in [0.1, 0.15) is 5.69 Å². The number of pyridine rings is 1. The molecule has 4 aromatic rings. The van der Waals surface area contributed by atoms with E-state index in [1.807, 2.05) is 12.1 Å². The predicted octanol–water partition coefficient (Wildman–Crippen LogP) is 4.28. The van der Waals surface area contributed by atoms with Gasteiger partial charge in [0, 0.05) is 30.6 Å². The standard InChI is InChI=1S/C20H17F4N7OS/c21-17(22)19-28-27-18(32-19)12-1-2-13(25-7-12)8-31-10-15(26-29-31)16-4-3-14(33-16)9-30-6-5-20(23,24)11-30/h1-4,7,10,17H,5-6,8-9,11H2. The lowest BCUT2D eigenvalue weighted by atomic mass is 10.2. The van der Waals surface area contributed by atoms with E-state index in [0.29, 0.717) is 36.6 Å². The van der Waals surface area contributed by atoms with Gasteiger partial charge in [-0.2, -0.15) is 8.78 Å². The van der Waals surface area contributed by atoms with Crippen LogP contribution in [-0.4, -0.2) is 54.1 Å². The van der Waals surface area contributed by atoms with Crippen molar-refractivity contribution in [3.8, 4) is 22.0 Å². The molecule has 1 aliphatic heterocycles. The molecule has 5 heterocycles. The molecule has 4 aromatic heterocycles. The van der Waals surface area contributed by atoms with Crippen LogP contribution in [0.2, 0.25) is 0 Å². The van der Waals surface area contributed by atoms with Gasteiger partial charge in [-0.1, -0.05) is 5.21 Å². The highest BCUT2D eigenvalue weighted by Gasteiger charge is 2.38. The van der Waals surface area contributed by atoms with Crippen LogP contribution in [0.1, 0.15) is 29.3 Å². The maximum Gasteiger partial charge on any atom is 0.314 e. The molecule has 0 aliphatic carbocycles. The van der Waals surface area contributed by atoms with Crippen LogP contribution in [0.3, 0.4) is 0 Å². The number of hydrogen-bond acceptors (Lipinski definition) is 8. The summed E-state index contributed by atoms with van der Waals surface area (Å²) >= 11 is 1.50. The van der Waals surface area contributed by atoms with Crippen molar-refractivity contribution in [3.05, 3.63) is 53.1 Å². The molecule has 0 saturated carbocycles. The van der Waals surface area contributed by atoms with E-state index in [2.05, 4.69) is 25.5 Å². The zero-order valence-electron chi connectivity index (χ0n) is 17.0. The van der Waals surface area contributed by atoms with E-state index in [9.17, 15) is 17.6 Å². The van der Waals surface area contributed by atoms with E-state index in [1.165, 1.54) is 17.5 Å². The van der Waals surface area contributed by atoms with Crippen LogP contribution in [0.5, 0.6) is 0 Å². The maximum atomic E-state index is 13.4. The first-order valence-corrected chi connectivity index (χ1v) is 10.8. The Labute approximate surface area is 188 Å². The number of nitrogens with zero attached hydrogens (tertiary/aromatic N) is 7. The van der Waals surface area contributed by atoms with E-state index >= 15 is 0 Å². The van der Waals surface area contributed by atoms with Gasteiger partial charge in [0.05, 0.1) is 35.4 Å². The molecule has 0 aromatic carbocycles. The molecule has 0 amide bonds. The molecular weight excluding hydrogens is 462 g/mol. The van der Waals surface area contributed by atoms with Gasteiger partial charge in [-0.25, -0.2) is 13.5 Å². The molecule has 0 N–H and O–H groups in total. The van der Waals surface area contributed by atoms with E-state index in [0.717, 1.165) is 9.75 Å². The number of likely N-dealkylation sites (tertiary alicyclic amines) is 1. The number of alkyl halides is 4. The number of thiophene rings is 1. The minimum atomic E-state index is -2.83. The smallest absolute Gasteiger partial charge is 0.314 e. The number of hydrogen-bond donors (Lipinski definition) is 0. The topological polar surface area (TPSA) is 85.8 Å².